The molecule has 1 rings (SSSR count). The fraction of sp³-hybridized carbons (Fsp3) is 0.300. The van der Waals surface area contributed by atoms with Crippen LogP contribution >= 0.6 is 0 Å². The zero-order valence-electron chi connectivity index (χ0n) is 8.75. The summed E-state index contributed by atoms with van der Waals surface area (Å²) in [5.74, 6) is 0.166. The zero-order chi connectivity index (χ0) is 12.2. The number of hydrogen-bond acceptors (Lipinski definition) is 2. The SMILES string of the molecule is CC(=O)Cc1ccc(OC[B-](F)(F)F)cc1. The van der Waals surface area contributed by atoms with E-state index in [1.807, 2.05) is 0 Å². The van der Waals surface area contributed by atoms with Crippen LogP contribution in [0.25, 0.3) is 0 Å². The maximum atomic E-state index is 11.9. The Hall–Kier alpha value is -1.46. The van der Waals surface area contributed by atoms with E-state index in [1.165, 1.54) is 19.1 Å². The van der Waals surface area contributed by atoms with E-state index in [9.17, 15) is 17.7 Å². The minimum atomic E-state index is -4.93. The normalized spacial score (nSPS) is 11.2. The molecule has 0 radical (unpaired) electrons. The van der Waals surface area contributed by atoms with Crippen LogP contribution in [-0.4, -0.2) is 19.3 Å². The van der Waals surface area contributed by atoms with Crippen molar-refractivity contribution in [2.45, 2.75) is 13.3 Å². The predicted molar refractivity (Wildman–Crippen MR) is 55.4 cm³/mol. The molecule has 0 N–H and O–H groups in total. The molecule has 0 unspecified atom stereocenters. The molecule has 1 aromatic carbocycles. The van der Waals surface area contributed by atoms with Gasteiger partial charge in [-0.15, -0.1) is 0 Å². The second-order valence-corrected chi connectivity index (χ2v) is 3.54. The second kappa shape index (κ2) is 5.05. The van der Waals surface area contributed by atoms with Crippen LogP contribution in [0.1, 0.15) is 12.5 Å². The molecule has 0 spiro atoms. The standard InChI is InChI=1S/C10H11BF3O2/c1-8(15)6-9-2-4-10(5-3-9)16-7-11(12,13)14/h2-5H,6-7H2,1H3/q-1. The average Bonchev–Trinajstić information content (AvgIpc) is 2.14. The highest BCUT2D eigenvalue weighted by Gasteiger charge is 2.24. The summed E-state index contributed by atoms with van der Waals surface area (Å²) in [4.78, 5) is 10.8. The molecule has 1 aromatic rings. The molecule has 0 aliphatic heterocycles. The molecule has 0 saturated carbocycles. The minimum Gasteiger partial charge on any atom is -0.522 e. The highest BCUT2D eigenvalue weighted by atomic mass is 19.4. The van der Waals surface area contributed by atoms with Crippen LogP contribution in [-0.2, 0) is 11.2 Å². The van der Waals surface area contributed by atoms with Crippen LogP contribution in [0.2, 0.25) is 0 Å². The third kappa shape index (κ3) is 4.86. The van der Waals surface area contributed by atoms with Crippen molar-refractivity contribution in [3.8, 4) is 5.75 Å². The Balaban J connectivity index is 2.55. The van der Waals surface area contributed by atoms with Gasteiger partial charge in [0, 0.05) is 6.42 Å². The van der Waals surface area contributed by atoms with E-state index in [4.69, 9.17) is 0 Å². The smallest absolute Gasteiger partial charge is 0.515 e. The molecule has 0 fully saturated rings. The number of hydrogen-bond donors (Lipinski definition) is 0. The van der Waals surface area contributed by atoms with Gasteiger partial charge in [0.1, 0.15) is 11.5 Å². The molecular weight excluding hydrogens is 220 g/mol. The Morgan fingerprint density at radius 2 is 1.81 bits per heavy atom. The van der Waals surface area contributed by atoms with Crippen LogP contribution in [0.5, 0.6) is 5.75 Å². The van der Waals surface area contributed by atoms with Crippen molar-refractivity contribution >= 4 is 12.8 Å². The van der Waals surface area contributed by atoms with Gasteiger partial charge < -0.3 is 17.7 Å². The van der Waals surface area contributed by atoms with Crippen molar-refractivity contribution in [3.63, 3.8) is 0 Å². The summed E-state index contributed by atoms with van der Waals surface area (Å²) in [5, 5.41) is 0. The van der Waals surface area contributed by atoms with Gasteiger partial charge in [-0.3, -0.25) is 4.79 Å². The van der Waals surface area contributed by atoms with Crippen molar-refractivity contribution < 1.29 is 22.5 Å². The van der Waals surface area contributed by atoms with Crippen molar-refractivity contribution in [1.29, 1.82) is 0 Å². The molecule has 0 atom stereocenters. The summed E-state index contributed by atoms with van der Waals surface area (Å²) < 4.78 is 40.2. The Morgan fingerprint density at radius 1 is 1.25 bits per heavy atom. The van der Waals surface area contributed by atoms with E-state index < -0.39 is 13.5 Å². The molecule has 0 bridgehead atoms. The predicted octanol–water partition coefficient (Wildman–Crippen LogP) is 2.58. The molecule has 0 saturated heterocycles. The van der Waals surface area contributed by atoms with E-state index in [1.54, 1.807) is 12.1 Å². The topological polar surface area (TPSA) is 26.3 Å². The minimum absolute atomic E-state index is 0.00675. The van der Waals surface area contributed by atoms with E-state index >= 15 is 0 Å². The third-order valence-corrected chi connectivity index (χ3v) is 1.82. The maximum Gasteiger partial charge on any atom is 0.515 e. The Labute approximate surface area is 91.5 Å². The Morgan fingerprint density at radius 3 is 2.25 bits per heavy atom. The van der Waals surface area contributed by atoms with E-state index in [0.29, 0.717) is 0 Å². The van der Waals surface area contributed by atoms with Crippen LogP contribution in [0, 0.1) is 0 Å². The number of benzene rings is 1. The monoisotopic (exact) mass is 231 g/mol. The van der Waals surface area contributed by atoms with Gasteiger partial charge in [0.25, 0.3) is 0 Å². The number of ether oxygens (including phenoxy) is 1. The van der Waals surface area contributed by atoms with Gasteiger partial charge in [-0.1, -0.05) is 12.1 Å². The van der Waals surface area contributed by atoms with Gasteiger partial charge in [-0.05, 0) is 24.6 Å². The fourth-order valence-corrected chi connectivity index (χ4v) is 1.18. The fourth-order valence-electron chi connectivity index (χ4n) is 1.18. The first kappa shape index (κ1) is 12.6. The lowest BCUT2D eigenvalue weighted by atomic mass is 9.95. The van der Waals surface area contributed by atoms with Crippen LogP contribution in [0.15, 0.2) is 24.3 Å². The molecule has 0 aliphatic rings. The van der Waals surface area contributed by atoms with Crippen LogP contribution in [0.3, 0.4) is 0 Å². The number of ketones is 1. The molecule has 0 aromatic heterocycles. The van der Waals surface area contributed by atoms with Gasteiger partial charge >= 0.3 is 6.98 Å². The van der Waals surface area contributed by atoms with Gasteiger partial charge in [0.15, 0.2) is 0 Å². The zero-order valence-corrected chi connectivity index (χ0v) is 8.75. The quantitative estimate of drug-likeness (QED) is 0.728. The van der Waals surface area contributed by atoms with Crippen molar-refractivity contribution in [1.82, 2.24) is 0 Å². The highest BCUT2D eigenvalue weighted by Crippen LogP contribution is 2.16. The number of rotatable bonds is 5. The van der Waals surface area contributed by atoms with Crippen molar-refractivity contribution in [3.05, 3.63) is 29.8 Å². The second-order valence-electron chi connectivity index (χ2n) is 3.54. The van der Waals surface area contributed by atoms with Gasteiger partial charge in [-0.25, -0.2) is 0 Å². The molecule has 0 aliphatic carbocycles. The van der Waals surface area contributed by atoms with Gasteiger partial charge in [0.05, 0.1) is 6.51 Å². The van der Waals surface area contributed by atoms with Gasteiger partial charge in [0.2, 0.25) is 0 Å². The highest BCUT2D eigenvalue weighted by molar-refractivity contribution is 6.58. The number of carbonyl (C=O) groups is 1. The average molecular weight is 231 g/mol. The molecule has 0 heterocycles. The summed E-state index contributed by atoms with van der Waals surface area (Å²) in [5.41, 5.74) is 0.761. The van der Waals surface area contributed by atoms with Crippen LogP contribution < -0.4 is 4.74 Å². The summed E-state index contributed by atoms with van der Waals surface area (Å²) >= 11 is 0. The van der Waals surface area contributed by atoms with Crippen molar-refractivity contribution in [2.24, 2.45) is 0 Å². The van der Waals surface area contributed by atoms with Crippen LogP contribution in [0.4, 0.5) is 12.9 Å². The Kier molecular flexibility index (Phi) is 3.98. The Bertz CT molecular complexity index is 359. The largest absolute Gasteiger partial charge is 0.522 e. The maximum absolute atomic E-state index is 11.9. The first-order valence-electron chi connectivity index (χ1n) is 4.79. The lowest BCUT2D eigenvalue weighted by Crippen LogP contribution is -2.26. The van der Waals surface area contributed by atoms with Gasteiger partial charge in [-0.2, -0.15) is 0 Å². The number of Topliss-reactive ketones (excluding diaryl/α,β-unsaturated/α-hetero) is 1. The van der Waals surface area contributed by atoms with E-state index in [2.05, 4.69) is 4.74 Å². The molecule has 88 valence electrons. The summed E-state index contributed by atoms with van der Waals surface area (Å²) in [7, 11) is 0. The summed E-state index contributed by atoms with van der Waals surface area (Å²) in [6.45, 7) is -4.72. The first-order valence-corrected chi connectivity index (χ1v) is 4.79. The van der Waals surface area contributed by atoms with E-state index in [-0.39, 0.29) is 18.0 Å². The number of carbonyl (C=O) groups excluding carboxylic acids is 1. The van der Waals surface area contributed by atoms with Crippen molar-refractivity contribution in [2.75, 3.05) is 6.51 Å². The lowest BCUT2D eigenvalue weighted by molar-refractivity contribution is -0.116. The first-order chi connectivity index (χ1) is 7.37. The third-order valence-electron chi connectivity index (χ3n) is 1.82. The molecule has 6 heteroatoms. The number of halogens is 3. The molecule has 16 heavy (non-hydrogen) atoms. The molecular formula is C10H11BF3O2-. The van der Waals surface area contributed by atoms with E-state index in [0.717, 1.165) is 5.56 Å². The lowest BCUT2D eigenvalue weighted by Gasteiger charge is -2.15. The summed E-state index contributed by atoms with van der Waals surface area (Å²) in [6, 6.07) is 6.03. The molecule has 2 nitrogen and oxygen atoms in total. The summed E-state index contributed by atoms with van der Waals surface area (Å²) in [6.07, 6.45) is 0.281. The molecule has 0 amide bonds.